The van der Waals surface area contributed by atoms with E-state index in [1.807, 2.05) is 17.0 Å². The predicted octanol–water partition coefficient (Wildman–Crippen LogP) is 2.57. The van der Waals surface area contributed by atoms with E-state index in [0.29, 0.717) is 18.9 Å². The molecule has 1 heterocycles. The molecule has 1 aliphatic rings. The van der Waals surface area contributed by atoms with Crippen molar-refractivity contribution < 1.29 is 14.3 Å². The van der Waals surface area contributed by atoms with Crippen molar-refractivity contribution in [3.63, 3.8) is 0 Å². The summed E-state index contributed by atoms with van der Waals surface area (Å²) < 4.78 is 11.7. The van der Waals surface area contributed by atoms with Crippen molar-refractivity contribution in [2.75, 3.05) is 33.9 Å². The summed E-state index contributed by atoms with van der Waals surface area (Å²) in [5.41, 5.74) is 1.05. The number of rotatable bonds is 8. The summed E-state index contributed by atoms with van der Waals surface area (Å²) in [6.07, 6.45) is 2.67. The Balaban J connectivity index is 1.81. The number of carbonyl (C=O) groups excluding carboxylic acids is 1. The first kappa shape index (κ1) is 17.1. The van der Waals surface area contributed by atoms with Gasteiger partial charge in [0.25, 0.3) is 0 Å². The first-order valence-corrected chi connectivity index (χ1v) is 8.34. The molecule has 122 valence electrons. The van der Waals surface area contributed by atoms with Crippen molar-refractivity contribution in [1.82, 2.24) is 10.2 Å². The van der Waals surface area contributed by atoms with Gasteiger partial charge in [-0.05, 0) is 31.5 Å². The molecule has 0 radical (unpaired) electrons. The third-order valence-electron chi connectivity index (χ3n) is 3.79. The highest BCUT2D eigenvalue weighted by atomic mass is 79.9. The molecule has 1 aromatic rings. The molecule has 1 N–H and O–H groups in total. The molecule has 0 spiro atoms. The fourth-order valence-corrected chi connectivity index (χ4v) is 3.18. The zero-order chi connectivity index (χ0) is 15.9. The van der Waals surface area contributed by atoms with Crippen LogP contribution in [0, 0.1) is 0 Å². The van der Waals surface area contributed by atoms with Crippen LogP contribution in [-0.4, -0.2) is 44.7 Å². The van der Waals surface area contributed by atoms with E-state index in [2.05, 4.69) is 21.2 Å². The maximum Gasteiger partial charge on any atom is 0.222 e. The predicted molar refractivity (Wildman–Crippen MR) is 89.4 cm³/mol. The van der Waals surface area contributed by atoms with E-state index in [4.69, 9.17) is 9.47 Å². The van der Waals surface area contributed by atoms with E-state index in [1.165, 1.54) is 0 Å². The molecule has 1 aromatic carbocycles. The molecule has 0 saturated carbocycles. The SMILES string of the molecule is COc1cc(Br)cc(CNCCCN2CCCC2=O)c1OC. The Morgan fingerprint density at radius 3 is 2.77 bits per heavy atom. The van der Waals surface area contributed by atoms with Crippen LogP contribution in [0.1, 0.15) is 24.8 Å². The molecule has 1 aliphatic heterocycles. The van der Waals surface area contributed by atoms with Crippen LogP contribution in [0.25, 0.3) is 0 Å². The van der Waals surface area contributed by atoms with Gasteiger partial charge >= 0.3 is 0 Å². The molecular weight excluding hydrogens is 348 g/mol. The van der Waals surface area contributed by atoms with Gasteiger partial charge in [-0.25, -0.2) is 0 Å². The molecule has 1 saturated heterocycles. The highest BCUT2D eigenvalue weighted by molar-refractivity contribution is 9.10. The monoisotopic (exact) mass is 370 g/mol. The van der Waals surface area contributed by atoms with Gasteiger partial charge in [0.15, 0.2) is 11.5 Å². The van der Waals surface area contributed by atoms with E-state index in [9.17, 15) is 4.79 Å². The molecule has 1 fully saturated rings. The number of halogens is 1. The number of hydrogen-bond donors (Lipinski definition) is 1. The van der Waals surface area contributed by atoms with Crippen LogP contribution in [0.5, 0.6) is 11.5 Å². The lowest BCUT2D eigenvalue weighted by molar-refractivity contribution is -0.127. The minimum atomic E-state index is 0.290. The van der Waals surface area contributed by atoms with Crippen LogP contribution >= 0.6 is 15.9 Å². The number of benzene rings is 1. The van der Waals surface area contributed by atoms with Crippen LogP contribution in [0.3, 0.4) is 0 Å². The van der Waals surface area contributed by atoms with Crippen molar-refractivity contribution in [1.29, 1.82) is 0 Å². The Kier molecular flexibility index (Phi) is 6.51. The molecule has 1 amide bonds. The van der Waals surface area contributed by atoms with Crippen molar-refractivity contribution in [3.05, 3.63) is 22.2 Å². The summed E-state index contributed by atoms with van der Waals surface area (Å²) >= 11 is 3.48. The van der Waals surface area contributed by atoms with Gasteiger partial charge in [-0.1, -0.05) is 15.9 Å². The highest BCUT2D eigenvalue weighted by Gasteiger charge is 2.19. The summed E-state index contributed by atoms with van der Waals surface area (Å²) in [7, 11) is 3.28. The number of likely N-dealkylation sites (tertiary alicyclic amines) is 1. The summed E-state index contributed by atoms with van der Waals surface area (Å²) in [5, 5.41) is 3.40. The van der Waals surface area contributed by atoms with Gasteiger partial charge in [0.2, 0.25) is 5.91 Å². The first-order chi connectivity index (χ1) is 10.7. The Morgan fingerprint density at radius 1 is 1.32 bits per heavy atom. The summed E-state index contributed by atoms with van der Waals surface area (Å²) in [4.78, 5) is 13.5. The molecule has 0 aromatic heterocycles. The third kappa shape index (κ3) is 4.36. The summed E-state index contributed by atoms with van der Waals surface area (Å²) in [6, 6.07) is 3.92. The normalized spacial score (nSPS) is 14.5. The number of carbonyl (C=O) groups is 1. The van der Waals surface area contributed by atoms with Crippen LogP contribution in [0.15, 0.2) is 16.6 Å². The molecule has 5 nitrogen and oxygen atoms in total. The Hall–Kier alpha value is -1.27. The fraction of sp³-hybridized carbons (Fsp3) is 0.562. The van der Waals surface area contributed by atoms with Gasteiger partial charge in [-0.3, -0.25) is 4.79 Å². The number of methoxy groups -OCH3 is 2. The second-order valence-corrected chi connectivity index (χ2v) is 6.23. The number of hydrogen-bond acceptors (Lipinski definition) is 4. The van der Waals surface area contributed by atoms with Gasteiger partial charge in [-0.15, -0.1) is 0 Å². The topological polar surface area (TPSA) is 50.8 Å². The lowest BCUT2D eigenvalue weighted by Crippen LogP contribution is -2.28. The molecular formula is C16H23BrN2O3. The Labute approximate surface area is 140 Å². The quantitative estimate of drug-likeness (QED) is 0.714. The zero-order valence-corrected chi connectivity index (χ0v) is 14.7. The van der Waals surface area contributed by atoms with Gasteiger partial charge < -0.3 is 19.7 Å². The average molecular weight is 371 g/mol. The number of amides is 1. The minimum absolute atomic E-state index is 0.290. The highest BCUT2D eigenvalue weighted by Crippen LogP contribution is 2.34. The van der Waals surface area contributed by atoms with Crippen LogP contribution in [0.2, 0.25) is 0 Å². The minimum Gasteiger partial charge on any atom is -0.493 e. The molecule has 6 heteroatoms. The smallest absolute Gasteiger partial charge is 0.222 e. The van der Waals surface area contributed by atoms with Crippen LogP contribution in [0.4, 0.5) is 0 Å². The van der Waals surface area contributed by atoms with Crippen LogP contribution in [-0.2, 0) is 11.3 Å². The van der Waals surface area contributed by atoms with Gasteiger partial charge in [-0.2, -0.15) is 0 Å². The fourth-order valence-electron chi connectivity index (χ4n) is 2.70. The maximum atomic E-state index is 11.5. The zero-order valence-electron chi connectivity index (χ0n) is 13.2. The van der Waals surface area contributed by atoms with E-state index in [0.717, 1.165) is 54.0 Å². The van der Waals surface area contributed by atoms with Crippen molar-refractivity contribution in [3.8, 4) is 11.5 Å². The van der Waals surface area contributed by atoms with Gasteiger partial charge in [0.05, 0.1) is 14.2 Å². The molecule has 22 heavy (non-hydrogen) atoms. The molecule has 0 unspecified atom stereocenters. The second-order valence-electron chi connectivity index (χ2n) is 5.32. The Bertz CT molecular complexity index is 522. The van der Waals surface area contributed by atoms with E-state index < -0.39 is 0 Å². The first-order valence-electron chi connectivity index (χ1n) is 7.54. The van der Waals surface area contributed by atoms with E-state index in [-0.39, 0.29) is 0 Å². The van der Waals surface area contributed by atoms with E-state index >= 15 is 0 Å². The number of nitrogens with one attached hydrogen (secondary N) is 1. The number of ether oxygens (including phenoxy) is 2. The van der Waals surface area contributed by atoms with Crippen molar-refractivity contribution in [2.24, 2.45) is 0 Å². The molecule has 0 atom stereocenters. The molecule has 0 bridgehead atoms. The van der Waals surface area contributed by atoms with Crippen LogP contribution < -0.4 is 14.8 Å². The summed E-state index contributed by atoms with van der Waals surface area (Å²) in [6.45, 7) is 3.31. The standard InChI is InChI=1S/C16H23BrN2O3/c1-21-14-10-13(17)9-12(16(14)22-2)11-18-6-4-8-19-7-3-5-15(19)20/h9-10,18H,3-8,11H2,1-2H3. The Morgan fingerprint density at radius 2 is 2.14 bits per heavy atom. The number of nitrogens with zero attached hydrogens (tertiary/aromatic N) is 1. The lowest BCUT2D eigenvalue weighted by Gasteiger charge is -2.16. The maximum absolute atomic E-state index is 11.5. The van der Waals surface area contributed by atoms with Gasteiger partial charge in [0, 0.05) is 36.1 Å². The second kappa shape index (κ2) is 8.39. The van der Waals surface area contributed by atoms with E-state index in [1.54, 1.807) is 14.2 Å². The average Bonchev–Trinajstić information content (AvgIpc) is 2.91. The lowest BCUT2D eigenvalue weighted by atomic mass is 10.2. The molecule has 0 aliphatic carbocycles. The van der Waals surface area contributed by atoms with Crippen molar-refractivity contribution >= 4 is 21.8 Å². The van der Waals surface area contributed by atoms with Crippen molar-refractivity contribution in [2.45, 2.75) is 25.8 Å². The summed E-state index contributed by atoms with van der Waals surface area (Å²) in [5.74, 6) is 1.77. The van der Waals surface area contributed by atoms with Gasteiger partial charge in [0.1, 0.15) is 0 Å². The molecule has 2 rings (SSSR count). The third-order valence-corrected chi connectivity index (χ3v) is 4.25. The largest absolute Gasteiger partial charge is 0.493 e.